The van der Waals surface area contributed by atoms with E-state index in [0.29, 0.717) is 25.5 Å². The third kappa shape index (κ3) is 3.76. The molecule has 0 fully saturated rings. The van der Waals surface area contributed by atoms with Gasteiger partial charge in [-0.2, -0.15) is 0 Å². The Morgan fingerprint density at radius 2 is 1.89 bits per heavy atom. The first-order valence-corrected chi connectivity index (χ1v) is 6.40. The van der Waals surface area contributed by atoms with Crippen molar-refractivity contribution in [3.63, 3.8) is 0 Å². The van der Waals surface area contributed by atoms with Gasteiger partial charge in [0, 0.05) is 19.3 Å². The predicted octanol–water partition coefficient (Wildman–Crippen LogP) is 2.58. The second kappa shape index (κ2) is 6.85. The Labute approximate surface area is 112 Å². The Hall–Kier alpha value is -1.94. The average Bonchev–Trinajstić information content (AvgIpc) is 2.45. The Morgan fingerprint density at radius 1 is 1.11 bits per heavy atom. The number of rotatable bonds is 6. The summed E-state index contributed by atoms with van der Waals surface area (Å²) in [5.41, 5.74) is 6.67. The molecule has 4 heteroatoms. The van der Waals surface area contributed by atoms with E-state index in [0.717, 1.165) is 12.0 Å². The van der Waals surface area contributed by atoms with Crippen LogP contribution in [0.4, 0.5) is 10.2 Å². The van der Waals surface area contributed by atoms with E-state index >= 15 is 0 Å². The van der Waals surface area contributed by atoms with Crippen molar-refractivity contribution in [2.45, 2.75) is 13.0 Å². The lowest BCUT2D eigenvalue weighted by Crippen LogP contribution is -2.27. The lowest BCUT2D eigenvalue weighted by Gasteiger charge is -2.24. The van der Waals surface area contributed by atoms with Crippen molar-refractivity contribution in [1.82, 2.24) is 4.98 Å². The molecule has 0 aliphatic rings. The van der Waals surface area contributed by atoms with Crippen molar-refractivity contribution < 1.29 is 4.39 Å². The van der Waals surface area contributed by atoms with Crippen LogP contribution in [0.25, 0.3) is 0 Å². The second-order valence-electron chi connectivity index (χ2n) is 4.36. The molecule has 0 spiro atoms. The van der Waals surface area contributed by atoms with Crippen molar-refractivity contribution >= 4 is 5.82 Å². The molecule has 2 N–H and O–H groups in total. The summed E-state index contributed by atoms with van der Waals surface area (Å²) < 4.78 is 13.8. The first-order valence-electron chi connectivity index (χ1n) is 6.40. The van der Waals surface area contributed by atoms with Gasteiger partial charge in [-0.1, -0.05) is 30.3 Å². The molecule has 1 aromatic heterocycles. The monoisotopic (exact) mass is 259 g/mol. The average molecular weight is 259 g/mol. The zero-order valence-corrected chi connectivity index (χ0v) is 10.8. The minimum atomic E-state index is -0.296. The molecule has 1 heterocycles. The number of benzene rings is 1. The minimum absolute atomic E-state index is 0.296. The number of hydrogen-bond acceptors (Lipinski definition) is 3. The van der Waals surface area contributed by atoms with E-state index in [9.17, 15) is 4.39 Å². The molecule has 0 radical (unpaired) electrons. The van der Waals surface area contributed by atoms with Gasteiger partial charge in [0.1, 0.15) is 0 Å². The summed E-state index contributed by atoms with van der Waals surface area (Å²) in [5, 5.41) is 0. The maximum atomic E-state index is 13.8. The quantitative estimate of drug-likeness (QED) is 0.867. The zero-order valence-electron chi connectivity index (χ0n) is 10.8. The molecule has 0 bridgehead atoms. The number of nitrogens with zero attached hydrogens (tertiary/aromatic N) is 2. The molecular weight excluding hydrogens is 241 g/mol. The van der Waals surface area contributed by atoms with E-state index in [1.165, 1.54) is 6.07 Å². The molecule has 0 saturated carbocycles. The molecule has 1 aromatic carbocycles. The first kappa shape index (κ1) is 13.5. The largest absolute Gasteiger partial charge is 0.350 e. The molecule has 0 aliphatic heterocycles. The van der Waals surface area contributed by atoms with Gasteiger partial charge in [-0.25, -0.2) is 9.37 Å². The molecule has 0 aliphatic carbocycles. The summed E-state index contributed by atoms with van der Waals surface area (Å²) in [7, 11) is 0. The predicted molar refractivity (Wildman–Crippen MR) is 75.4 cm³/mol. The van der Waals surface area contributed by atoms with E-state index in [4.69, 9.17) is 5.73 Å². The van der Waals surface area contributed by atoms with Crippen LogP contribution in [0.3, 0.4) is 0 Å². The van der Waals surface area contributed by atoms with Crippen LogP contribution in [-0.2, 0) is 6.54 Å². The van der Waals surface area contributed by atoms with E-state index in [1.807, 2.05) is 35.2 Å². The Kier molecular flexibility index (Phi) is 4.86. The molecule has 2 rings (SSSR count). The smallest absolute Gasteiger partial charge is 0.165 e. The molecule has 0 atom stereocenters. The normalized spacial score (nSPS) is 10.4. The molecular formula is C15H18FN3. The molecule has 0 saturated heterocycles. The number of halogens is 1. The van der Waals surface area contributed by atoms with Crippen LogP contribution < -0.4 is 10.6 Å². The van der Waals surface area contributed by atoms with Gasteiger partial charge in [0.25, 0.3) is 0 Å². The number of nitrogens with two attached hydrogens (primary N) is 1. The maximum absolute atomic E-state index is 13.8. The molecule has 2 aromatic rings. The van der Waals surface area contributed by atoms with E-state index in [-0.39, 0.29) is 5.82 Å². The Bertz CT molecular complexity index is 502. The summed E-state index contributed by atoms with van der Waals surface area (Å²) in [4.78, 5) is 6.07. The van der Waals surface area contributed by atoms with Crippen LogP contribution >= 0.6 is 0 Å². The topological polar surface area (TPSA) is 42.1 Å². The second-order valence-corrected chi connectivity index (χ2v) is 4.36. The minimum Gasteiger partial charge on any atom is -0.350 e. The van der Waals surface area contributed by atoms with Crippen molar-refractivity contribution in [3.05, 3.63) is 60.0 Å². The fourth-order valence-electron chi connectivity index (χ4n) is 1.96. The molecule has 19 heavy (non-hydrogen) atoms. The first-order chi connectivity index (χ1) is 9.31. The number of anilines is 1. The highest BCUT2D eigenvalue weighted by molar-refractivity contribution is 5.40. The van der Waals surface area contributed by atoms with Crippen LogP contribution in [0.2, 0.25) is 0 Å². The fourth-order valence-corrected chi connectivity index (χ4v) is 1.96. The highest BCUT2D eigenvalue weighted by Crippen LogP contribution is 2.18. The van der Waals surface area contributed by atoms with Crippen LogP contribution in [0.15, 0.2) is 48.7 Å². The third-order valence-corrected chi connectivity index (χ3v) is 2.89. The summed E-state index contributed by atoms with van der Waals surface area (Å²) in [6.07, 6.45) is 2.42. The van der Waals surface area contributed by atoms with Gasteiger partial charge < -0.3 is 10.6 Å². The van der Waals surface area contributed by atoms with Gasteiger partial charge >= 0.3 is 0 Å². The molecule has 0 amide bonds. The number of aromatic nitrogens is 1. The van der Waals surface area contributed by atoms with Crippen molar-refractivity contribution in [3.8, 4) is 0 Å². The molecule has 3 nitrogen and oxygen atoms in total. The van der Waals surface area contributed by atoms with E-state index in [1.54, 1.807) is 12.3 Å². The highest BCUT2D eigenvalue weighted by Gasteiger charge is 2.12. The van der Waals surface area contributed by atoms with E-state index < -0.39 is 0 Å². The van der Waals surface area contributed by atoms with Crippen molar-refractivity contribution in [2.24, 2.45) is 5.73 Å². The summed E-state index contributed by atoms with van der Waals surface area (Å²) in [5.74, 6) is 0.0928. The highest BCUT2D eigenvalue weighted by atomic mass is 19.1. The van der Waals surface area contributed by atoms with Gasteiger partial charge in [-0.05, 0) is 30.7 Å². The fraction of sp³-hybridized carbons (Fsp3) is 0.267. The maximum Gasteiger partial charge on any atom is 0.165 e. The SMILES string of the molecule is NCCCN(Cc1ccccc1)c1ncccc1F. The zero-order chi connectivity index (χ0) is 13.5. The third-order valence-electron chi connectivity index (χ3n) is 2.89. The van der Waals surface area contributed by atoms with Crippen LogP contribution in [0.1, 0.15) is 12.0 Å². The van der Waals surface area contributed by atoms with Crippen LogP contribution in [0, 0.1) is 5.82 Å². The van der Waals surface area contributed by atoms with Crippen molar-refractivity contribution in [1.29, 1.82) is 0 Å². The van der Waals surface area contributed by atoms with Gasteiger partial charge in [0.05, 0.1) is 0 Å². The lowest BCUT2D eigenvalue weighted by atomic mass is 10.2. The van der Waals surface area contributed by atoms with E-state index in [2.05, 4.69) is 4.98 Å². The van der Waals surface area contributed by atoms with Crippen LogP contribution in [-0.4, -0.2) is 18.1 Å². The number of hydrogen-bond donors (Lipinski definition) is 1. The van der Waals surface area contributed by atoms with Crippen LogP contribution in [0.5, 0.6) is 0 Å². The Morgan fingerprint density at radius 3 is 2.58 bits per heavy atom. The summed E-state index contributed by atoms with van der Waals surface area (Å²) in [6, 6.07) is 13.0. The number of pyridine rings is 1. The van der Waals surface area contributed by atoms with Gasteiger partial charge in [0.2, 0.25) is 0 Å². The molecule has 100 valence electrons. The summed E-state index contributed by atoms with van der Waals surface area (Å²) >= 11 is 0. The Balaban J connectivity index is 2.19. The van der Waals surface area contributed by atoms with Gasteiger partial charge in [-0.3, -0.25) is 0 Å². The summed E-state index contributed by atoms with van der Waals surface area (Å²) in [6.45, 7) is 1.91. The van der Waals surface area contributed by atoms with Crippen molar-refractivity contribution in [2.75, 3.05) is 18.0 Å². The molecule has 0 unspecified atom stereocenters. The van der Waals surface area contributed by atoms with Gasteiger partial charge in [-0.15, -0.1) is 0 Å². The standard InChI is InChI=1S/C15H18FN3/c16-14-8-4-10-18-15(14)19(11-5-9-17)12-13-6-2-1-3-7-13/h1-4,6-8,10H,5,9,11-12,17H2. The lowest BCUT2D eigenvalue weighted by molar-refractivity contribution is 0.603. The van der Waals surface area contributed by atoms with Gasteiger partial charge in [0.15, 0.2) is 11.6 Å².